The Balaban J connectivity index is 2.31. The molecule has 0 aliphatic carbocycles. The fraction of sp³-hybridized carbons (Fsp3) is 0.235. The summed E-state index contributed by atoms with van der Waals surface area (Å²) in [5.41, 5.74) is 0.731. The minimum Gasteiger partial charge on any atom is -0.465 e. The van der Waals surface area contributed by atoms with Crippen molar-refractivity contribution in [2.45, 2.75) is 24.3 Å². The quantitative estimate of drug-likeness (QED) is 0.744. The molecule has 134 valence electrons. The molecule has 0 heterocycles. The number of nitrogens with one attached hydrogen (secondary N) is 1. The largest absolute Gasteiger partial charge is 0.465 e. The monoisotopic (exact) mass is 385 g/mol. The highest BCUT2D eigenvalue weighted by molar-refractivity contribution is 7.89. The molecule has 25 heavy (non-hydrogen) atoms. The Bertz CT molecular complexity index is 843. The first-order valence-corrected chi connectivity index (χ1v) is 9.38. The Hall–Kier alpha value is -1.96. The molecule has 1 unspecified atom stereocenters. The summed E-state index contributed by atoms with van der Waals surface area (Å²) in [5, 5.41) is -0.321. The van der Waals surface area contributed by atoms with Crippen molar-refractivity contribution in [3.8, 4) is 0 Å². The van der Waals surface area contributed by atoms with E-state index in [2.05, 4.69) is 4.72 Å². The number of carbonyl (C=O) groups is 1. The third-order valence-electron chi connectivity index (χ3n) is 3.36. The Labute approximate surface area is 150 Å². The van der Waals surface area contributed by atoms with Gasteiger partial charge in [-0.25, -0.2) is 12.8 Å². The first-order chi connectivity index (χ1) is 11.8. The number of hydrogen-bond donors (Lipinski definition) is 1. The van der Waals surface area contributed by atoms with E-state index in [9.17, 15) is 17.6 Å². The van der Waals surface area contributed by atoms with E-state index in [-0.39, 0.29) is 18.1 Å². The van der Waals surface area contributed by atoms with Gasteiger partial charge in [-0.2, -0.15) is 4.72 Å². The molecule has 1 N–H and O–H groups in total. The summed E-state index contributed by atoms with van der Waals surface area (Å²) in [6.45, 7) is 1.71. The molecule has 0 bridgehead atoms. The van der Waals surface area contributed by atoms with Crippen LogP contribution in [0.3, 0.4) is 0 Å². The predicted molar refractivity (Wildman–Crippen MR) is 92.3 cm³/mol. The van der Waals surface area contributed by atoms with Gasteiger partial charge in [0.25, 0.3) is 0 Å². The Morgan fingerprint density at radius 1 is 1.20 bits per heavy atom. The third kappa shape index (κ3) is 5.01. The van der Waals surface area contributed by atoms with Crippen LogP contribution in [0.2, 0.25) is 5.02 Å². The molecular weight excluding hydrogens is 369 g/mol. The topological polar surface area (TPSA) is 72.5 Å². The first-order valence-electron chi connectivity index (χ1n) is 7.52. The highest BCUT2D eigenvalue weighted by Gasteiger charge is 2.29. The number of rotatable bonds is 7. The number of carbonyl (C=O) groups excluding carboxylic acids is 1. The van der Waals surface area contributed by atoms with Gasteiger partial charge in [-0.1, -0.05) is 48.0 Å². The molecule has 0 saturated carbocycles. The van der Waals surface area contributed by atoms with E-state index in [1.165, 1.54) is 12.1 Å². The van der Waals surface area contributed by atoms with Gasteiger partial charge in [0, 0.05) is 0 Å². The summed E-state index contributed by atoms with van der Waals surface area (Å²) < 4.78 is 46.2. The van der Waals surface area contributed by atoms with Crippen LogP contribution in [0, 0.1) is 5.82 Å². The number of halogens is 2. The van der Waals surface area contributed by atoms with Crippen LogP contribution in [0.25, 0.3) is 0 Å². The molecule has 2 aromatic rings. The second kappa shape index (κ2) is 8.42. The smallest absolute Gasteiger partial charge is 0.324 e. The minimum absolute atomic E-state index is 0.0705. The second-order valence-corrected chi connectivity index (χ2v) is 7.26. The summed E-state index contributed by atoms with van der Waals surface area (Å²) in [4.78, 5) is 11.5. The summed E-state index contributed by atoms with van der Waals surface area (Å²) in [5.74, 6) is -1.81. The number of esters is 1. The first kappa shape index (κ1) is 19.4. The number of ether oxygens (including phenoxy) is 1. The van der Waals surface area contributed by atoms with Gasteiger partial charge in [0.05, 0.1) is 11.6 Å². The van der Waals surface area contributed by atoms with Crippen molar-refractivity contribution in [1.82, 2.24) is 4.72 Å². The van der Waals surface area contributed by atoms with Crippen molar-refractivity contribution < 1.29 is 22.3 Å². The molecule has 0 aromatic heterocycles. The van der Waals surface area contributed by atoms with Gasteiger partial charge in [0.15, 0.2) is 5.82 Å². The van der Waals surface area contributed by atoms with E-state index in [0.29, 0.717) is 0 Å². The van der Waals surface area contributed by atoms with E-state index in [1.54, 1.807) is 37.3 Å². The van der Waals surface area contributed by atoms with Gasteiger partial charge >= 0.3 is 5.97 Å². The molecule has 2 aromatic carbocycles. The molecule has 5 nitrogen and oxygen atoms in total. The standard InChI is InChI=1S/C17H17ClFNO4S/c1-2-24-17(21)14(11-12-7-4-3-5-8-12)20-25(22,23)15-10-6-9-13(18)16(15)19/h3-10,14,20H,2,11H2,1H3. The second-order valence-electron chi connectivity index (χ2n) is 5.17. The summed E-state index contributed by atoms with van der Waals surface area (Å²) in [6.07, 6.45) is 0.0705. The summed E-state index contributed by atoms with van der Waals surface area (Å²) in [6, 6.07) is 11.3. The zero-order chi connectivity index (χ0) is 18.4. The van der Waals surface area contributed by atoms with Crippen LogP contribution in [0.4, 0.5) is 4.39 Å². The predicted octanol–water partition coefficient (Wildman–Crippen LogP) is 2.93. The van der Waals surface area contributed by atoms with Crippen molar-refractivity contribution in [3.63, 3.8) is 0 Å². The van der Waals surface area contributed by atoms with Crippen molar-refractivity contribution in [2.24, 2.45) is 0 Å². The maximum atomic E-state index is 14.1. The molecule has 0 radical (unpaired) electrons. The lowest BCUT2D eigenvalue weighted by Gasteiger charge is -2.18. The van der Waals surface area contributed by atoms with E-state index in [4.69, 9.17) is 16.3 Å². The zero-order valence-electron chi connectivity index (χ0n) is 13.4. The van der Waals surface area contributed by atoms with Crippen LogP contribution < -0.4 is 4.72 Å². The van der Waals surface area contributed by atoms with Crippen LogP contribution in [0.1, 0.15) is 12.5 Å². The molecule has 2 rings (SSSR count). The lowest BCUT2D eigenvalue weighted by molar-refractivity contribution is -0.145. The molecule has 0 aliphatic heterocycles. The molecule has 1 atom stereocenters. The van der Waals surface area contributed by atoms with Crippen LogP contribution in [-0.2, 0) is 26.0 Å². The minimum atomic E-state index is -4.31. The average Bonchev–Trinajstić information content (AvgIpc) is 2.57. The van der Waals surface area contributed by atoms with E-state index in [0.717, 1.165) is 11.6 Å². The van der Waals surface area contributed by atoms with E-state index < -0.39 is 32.7 Å². The Morgan fingerprint density at radius 3 is 2.52 bits per heavy atom. The van der Waals surface area contributed by atoms with Gasteiger partial charge in [-0.15, -0.1) is 0 Å². The molecule has 0 fully saturated rings. The molecule has 0 aliphatic rings. The Morgan fingerprint density at radius 2 is 1.88 bits per heavy atom. The molecule has 0 amide bonds. The SMILES string of the molecule is CCOC(=O)C(Cc1ccccc1)NS(=O)(=O)c1cccc(Cl)c1F. The van der Waals surface area contributed by atoms with E-state index >= 15 is 0 Å². The summed E-state index contributed by atoms with van der Waals surface area (Å²) >= 11 is 5.64. The van der Waals surface area contributed by atoms with E-state index in [1.807, 2.05) is 0 Å². The summed E-state index contributed by atoms with van der Waals surface area (Å²) in [7, 11) is -4.31. The maximum absolute atomic E-state index is 14.1. The van der Waals surface area contributed by atoms with Crippen molar-refractivity contribution in [3.05, 3.63) is 64.9 Å². The van der Waals surface area contributed by atoms with Gasteiger partial charge < -0.3 is 4.74 Å². The third-order valence-corrected chi connectivity index (χ3v) is 5.14. The van der Waals surface area contributed by atoms with Crippen molar-refractivity contribution >= 4 is 27.6 Å². The molecule has 8 heteroatoms. The van der Waals surface area contributed by atoms with Crippen LogP contribution in [0.15, 0.2) is 53.4 Å². The fourth-order valence-electron chi connectivity index (χ4n) is 2.21. The van der Waals surface area contributed by atoms with Crippen molar-refractivity contribution in [2.75, 3.05) is 6.61 Å². The number of sulfonamides is 1. The van der Waals surface area contributed by atoms with Gasteiger partial charge in [0.1, 0.15) is 10.9 Å². The van der Waals surface area contributed by atoms with Crippen LogP contribution in [0.5, 0.6) is 0 Å². The average molecular weight is 386 g/mol. The Kier molecular flexibility index (Phi) is 6.52. The van der Waals surface area contributed by atoms with Gasteiger partial charge in [-0.3, -0.25) is 4.79 Å². The van der Waals surface area contributed by atoms with Gasteiger partial charge in [0.2, 0.25) is 10.0 Å². The van der Waals surface area contributed by atoms with Crippen LogP contribution in [-0.4, -0.2) is 27.0 Å². The normalized spacial score (nSPS) is 12.6. The maximum Gasteiger partial charge on any atom is 0.324 e. The van der Waals surface area contributed by atoms with Crippen LogP contribution >= 0.6 is 11.6 Å². The highest BCUT2D eigenvalue weighted by Crippen LogP contribution is 2.22. The molecule has 0 saturated heterocycles. The fourth-order valence-corrected chi connectivity index (χ4v) is 3.72. The number of benzene rings is 2. The zero-order valence-corrected chi connectivity index (χ0v) is 15.0. The lowest BCUT2D eigenvalue weighted by atomic mass is 10.1. The van der Waals surface area contributed by atoms with Crippen molar-refractivity contribution in [1.29, 1.82) is 0 Å². The number of hydrogen-bond acceptors (Lipinski definition) is 4. The van der Waals surface area contributed by atoms with Gasteiger partial charge in [-0.05, 0) is 31.0 Å². The molecule has 0 spiro atoms. The lowest BCUT2D eigenvalue weighted by Crippen LogP contribution is -2.43. The highest BCUT2D eigenvalue weighted by atomic mass is 35.5. The molecular formula is C17H17ClFNO4S.